The number of fused-ring (bicyclic) bond motifs is 1. The highest BCUT2D eigenvalue weighted by Crippen LogP contribution is 2.32. The Morgan fingerprint density at radius 3 is 2.07 bits per heavy atom. The maximum absolute atomic E-state index is 13.6. The lowest BCUT2D eigenvalue weighted by atomic mass is 10.1. The Labute approximate surface area is 242 Å². The fraction of sp³-hybridized carbons (Fsp3) is 0.0333. The van der Waals surface area contributed by atoms with Crippen molar-refractivity contribution >= 4 is 46.8 Å². The van der Waals surface area contributed by atoms with Gasteiger partial charge in [-0.25, -0.2) is 9.80 Å². The fourth-order valence-electron chi connectivity index (χ4n) is 4.28. The van der Waals surface area contributed by atoms with Crippen LogP contribution < -0.4 is 4.74 Å². The molecule has 4 aromatic carbocycles. The Morgan fingerprint density at radius 1 is 0.786 bits per heavy atom. The predicted molar refractivity (Wildman–Crippen MR) is 148 cm³/mol. The number of carbonyl (C=O) groups excluding carboxylic acids is 5. The number of nitro benzene ring substituents is 1. The molecule has 0 aliphatic carbocycles. The minimum atomic E-state index is -1.12. The van der Waals surface area contributed by atoms with Gasteiger partial charge in [0.15, 0.2) is 5.78 Å². The number of nitrogens with zero attached hydrogens (tertiary/aromatic N) is 3. The number of amides is 3. The van der Waals surface area contributed by atoms with Crippen molar-refractivity contribution in [2.75, 3.05) is 6.54 Å². The Hall–Kier alpha value is -5.68. The first kappa shape index (κ1) is 27.9. The van der Waals surface area contributed by atoms with Gasteiger partial charge < -0.3 is 4.74 Å². The third kappa shape index (κ3) is 5.36. The number of hydrazine groups is 1. The van der Waals surface area contributed by atoms with Crippen molar-refractivity contribution in [3.8, 4) is 5.75 Å². The highest BCUT2D eigenvalue weighted by molar-refractivity contribution is 6.30. The molecule has 0 atom stereocenters. The molecule has 3 amide bonds. The zero-order valence-electron chi connectivity index (χ0n) is 21.4. The van der Waals surface area contributed by atoms with Crippen molar-refractivity contribution in [2.24, 2.45) is 0 Å². The molecule has 12 heteroatoms. The summed E-state index contributed by atoms with van der Waals surface area (Å²) in [5, 5.41) is 13.0. The fourth-order valence-corrected chi connectivity index (χ4v) is 4.40. The monoisotopic (exact) mass is 583 g/mol. The third-order valence-corrected chi connectivity index (χ3v) is 6.58. The minimum absolute atomic E-state index is 0.00132. The summed E-state index contributed by atoms with van der Waals surface area (Å²) in [6, 6.07) is 22.8. The number of esters is 1. The van der Waals surface area contributed by atoms with Crippen molar-refractivity contribution in [3.63, 3.8) is 0 Å². The van der Waals surface area contributed by atoms with Gasteiger partial charge in [0.2, 0.25) is 0 Å². The van der Waals surface area contributed by atoms with Crippen LogP contribution in [0.25, 0.3) is 0 Å². The molecule has 42 heavy (non-hydrogen) atoms. The van der Waals surface area contributed by atoms with Gasteiger partial charge in [0.25, 0.3) is 23.4 Å². The first-order chi connectivity index (χ1) is 20.2. The summed E-state index contributed by atoms with van der Waals surface area (Å²) in [7, 11) is 0. The maximum Gasteiger partial charge on any atom is 0.343 e. The number of hydrogen-bond acceptors (Lipinski definition) is 8. The van der Waals surface area contributed by atoms with Crippen LogP contribution in [0.2, 0.25) is 5.02 Å². The van der Waals surface area contributed by atoms with E-state index in [1.807, 2.05) is 0 Å². The second-order valence-electron chi connectivity index (χ2n) is 8.95. The van der Waals surface area contributed by atoms with Gasteiger partial charge >= 0.3 is 5.97 Å². The van der Waals surface area contributed by atoms with E-state index < -0.39 is 52.2 Å². The smallest absolute Gasteiger partial charge is 0.343 e. The summed E-state index contributed by atoms with van der Waals surface area (Å²) in [4.78, 5) is 76.7. The number of ether oxygens (including phenoxy) is 1. The average molecular weight is 584 g/mol. The molecular formula is C30H18ClN3O8. The number of carbonyl (C=O) groups is 5. The van der Waals surface area contributed by atoms with Gasteiger partial charge in [0, 0.05) is 22.2 Å². The van der Waals surface area contributed by atoms with E-state index in [9.17, 15) is 34.1 Å². The van der Waals surface area contributed by atoms with Gasteiger partial charge in [-0.2, -0.15) is 5.01 Å². The molecule has 0 bridgehead atoms. The van der Waals surface area contributed by atoms with Crippen LogP contribution >= 0.6 is 11.6 Å². The van der Waals surface area contributed by atoms with Crippen LogP contribution in [0, 0.1) is 10.1 Å². The van der Waals surface area contributed by atoms with Crippen LogP contribution in [0.15, 0.2) is 97.1 Å². The van der Waals surface area contributed by atoms with Crippen molar-refractivity contribution in [3.05, 3.63) is 140 Å². The molecule has 0 saturated carbocycles. The molecular weight excluding hydrogens is 566 g/mol. The summed E-state index contributed by atoms with van der Waals surface area (Å²) in [6.45, 7) is -0.774. The van der Waals surface area contributed by atoms with Crippen molar-refractivity contribution in [1.82, 2.24) is 10.0 Å². The van der Waals surface area contributed by atoms with E-state index in [0.29, 0.717) is 20.6 Å². The molecule has 1 aliphatic heterocycles. The largest absolute Gasteiger partial charge is 0.423 e. The number of rotatable bonds is 8. The molecule has 0 N–H and O–H groups in total. The molecule has 11 nitrogen and oxygen atoms in total. The molecule has 4 aromatic rings. The topological polar surface area (TPSA) is 144 Å². The van der Waals surface area contributed by atoms with E-state index in [4.69, 9.17) is 16.3 Å². The zero-order valence-corrected chi connectivity index (χ0v) is 22.2. The van der Waals surface area contributed by atoms with E-state index in [-0.39, 0.29) is 22.4 Å². The SMILES string of the molecule is O=C(CN(C(=O)c1ccc(Cl)cc1)N1C(=O)c2cccc([N+](=O)[O-])c2C1=O)c1ccc(OC(=O)c2ccccc2)cc1. The maximum atomic E-state index is 13.6. The molecule has 0 radical (unpaired) electrons. The molecule has 0 fully saturated rings. The van der Waals surface area contributed by atoms with Crippen molar-refractivity contribution < 1.29 is 33.6 Å². The standard InChI is InChI=1S/C30H18ClN3O8/c31-21-13-9-19(10-14-21)27(36)32(33-28(37)23-7-4-8-24(34(40)41)26(23)29(33)38)17-25(35)18-11-15-22(16-12-18)42-30(39)20-5-2-1-3-6-20/h1-16H,17H2. The van der Waals surface area contributed by atoms with E-state index in [2.05, 4.69) is 0 Å². The summed E-state index contributed by atoms with van der Waals surface area (Å²) in [5.41, 5.74) is -0.972. The van der Waals surface area contributed by atoms with Crippen molar-refractivity contribution in [2.45, 2.75) is 0 Å². The number of hydrogen-bond donors (Lipinski definition) is 0. The molecule has 0 aromatic heterocycles. The van der Waals surface area contributed by atoms with E-state index >= 15 is 0 Å². The van der Waals surface area contributed by atoms with Gasteiger partial charge in [-0.3, -0.25) is 29.3 Å². The van der Waals surface area contributed by atoms with Gasteiger partial charge in [-0.05, 0) is 66.7 Å². The molecule has 1 aliphatic rings. The average Bonchev–Trinajstić information content (AvgIpc) is 3.25. The molecule has 0 saturated heterocycles. The third-order valence-electron chi connectivity index (χ3n) is 6.32. The molecule has 0 unspecified atom stereocenters. The second kappa shape index (κ2) is 11.4. The van der Waals surface area contributed by atoms with E-state index in [1.165, 1.54) is 60.7 Å². The van der Waals surface area contributed by atoms with Crippen LogP contribution in [0.3, 0.4) is 0 Å². The van der Waals surface area contributed by atoms with Crippen LogP contribution in [0.5, 0.6) is 5.75 Å². The Kier molecular flexibility index (Phi) is 7.59. The number of benzene rings is 4. The van der Waals surface area contributed by atoms with Crippen LogP contribution in [0.1, 0.15) is 51.8 Å². The number of imide groups is 1. The zero-order chi connectivity index (χ0) is 30.0. The molecule has 208 valence electrons. The number of ketones is 1. The predicted octanol–water partition coefficient (Wildman–Crippen LogP) is 5.00. The Morgan fingerprint density at radius 2 is 1.43 bits per heavy atom. The quantitative estimate of drug-likeness (QED) is 0.0703. The van der Waals surface area contributed by atoms with Gasteiger partial charge in [-0.15, -0.1) is 0 Å². The van der Waals surface area contributed by atoms with Crippen molar-refractivity contribution in [1.29, 1.82) is 0 Å². The number of nitro groups is 1. The first-order valence-electron chi connectivity index (χ1n) is 12.3. The highest BCUT2D eigenvalue weighted by atomic mass is 35.5. The molecule has 0 spiro atoms. The van der Waals surface area contributed by atoms with Gasteiger partial charge in [0.05, 0.1) is 16.1 Å². The molecule has 1 heterocycles. The van der Waals surface area contributed by atoms with Gasteiger partial charge in [-0.1, -0.05) is 35.9 Å². The number of Topliss-reactive ketones (excluding diaryl/α,β-unsaturated/α-hetero) is 1. The van der Waals surface area contributed by atoms with E-state index in [1.54, 1.807) is 30.3 Å². The van der Waals surface area contributed by atoms with E-state index in [0.717, 1.165) is 6.07 Å². The lowest BCUT2D eigenvalue weighted by Gasteiger charge is -2.29. The lowest BCUT2D eigenvalue weighted by molar-refractivity contribution is -0.385. The summed E-state index contributed by atoms with van der Waals surface area (Å²) < 4.78 is 5.32. The normalized spacial score (nSPS) is 12.1. The first-order valence-corrected chi connectivity index (χ1v) is 12.7. The lowest BCUT2D eigenvalue weighted by Crippen LogP contribution is -2.51. The highest BCUT2D eigenvalue weighted by Gasteiger charge is 2.46. The van der Waals surface area contributed by atoms with Crippen LogP contribution in [-0.2, 0) is 0 Å². The minimum Gasteiger partial charge on any atom is -0.423 e. The van der Waals surface area contributed by atoms with Crippen LogP contribution in [-0.4, -0.2) is 51.0 Å². The van der Waals surface area contributed by atoms with Crippen LogP contribution in [0.4, 0.5) is 5.69 Å². The molecule has 5 rings (SSSR count). The Balaban J connectivity index is 1.43. The summed E-state index contributed by atoms with van der Waals surface area (Å²) in [6.07, 6.45) is 0. The summed E-state index contributed by atoms with van der Waals surface area (Å²) in [5.74, 6) is -4.15. The summed E-state index contributed by atoms with van der Waals surface area (Å²) >= 11 is 5.93. The second-order valence-corrected chi connectivity index (χ2v) is 9.39. The number of halogens is 1. The Bertz CT molecular complexity index is 1760. The van der Waals surface area contributed by atoms with Gasteiger partial charge in [0.1, 0.15) is 17.9 Å².